The van der Waals surface area contributed by atoms with Gasteiger partial charge in [0.1, 0.15) is 12.1 Å². The van der Waals surface area contributed by atoms with Crippen molar-refractivity contribution in [3.8, 4) is 0 Å². The minimum atomic E-state index is -1.17. The third-order valence-corrected chi connectivity index (χ3v) is 4.87. The van der Waals surface area contributed by atoms with Gasteiger partial charge in [-0.25, -0.2) is 4.79 Å². The maximum Gasteiger partial charge on any atom is 0.325 e. The summed E-state index contributed by atoms with van der Waals surface area (Å²) >= 11 is 0. The third kappa shape index (κ3) is 3.43. The van der Waals surface area contributed by atoms with Crippen molar-refractivity contribution in [1.82, 2.24) is 10.2 Å². The molecule has 1 aliphatic heterocycles. The molecule has 27 heavy (non-hydrogen) atoms. The summed E-state index contributed by atoms with van der Waals surface area (Å²) in [5, 5.41) is 5.53. The fourth-order valence-corrected chi connectivity index (χ4v) is 3.51. The number of aryl methyl sites for hydroxylation is 3. The number of benzene rings is 2. The van der Waals surface area contributed by atoms with E-state index in [1.807, 2.05) is 39.0 Å². The molecule has 4 amide bonds. The highest BCUT2D eigenvalue weighted by Gasteiger charge is 2.49. The van der Waals surface area contributed by atoms with Crippen LogP contribution in [0.5, 0.6) is 0 Å². The molecular weight excluding hydrogens is 342 g/mol. The number of imide groups is 1. The van der Waals surface area contributed by atoms with Gasteiger partial charge in [-0.15, -0.1) is 0 Å². The van der Waals surface area contributed by atoms with Crippen LogP contribution in [0, 0.1) is 20.8 Å². The van der Waals surface area contributed by atoms with Crippen LogP contribution in [0.4, 0.5) is 10.5 Å². The van der Waals surface area contributed by atoms with Gasteiger partial charge in [0.25, 0.3) is 5.91 Å². The standard InChI is InChI=1S/C21H23N3O3/c1-13-10-14(2)18(15(3)11-13)22-17(25)12-24-19(26)21(4,23-20(24)27)16-8-6-5-7-9-16/h5-11H,12H2,1-4H3,(H,22,25)(H,23,27). The fraction of sp³-hybridized carbons (Fsp3) is 0.286. The Morgan fingerprint density at radius 1 is 1.07 bits per heavy atom. The zero-order chi connectivity index (χ0) is 19.8. The average Bonchev–Trinajstić information content (AvgIpc) is 2.83. The predicted octanol–water partition coefficient (Wildman–Crippen LogP) is 3.02. The van der Waals surface area contributed by atoms with Crippen molar-refractivity contribution in [2.45, 2.75) is 33.2 Å². The Balaban J connectivity index is 1.77. The lowest BCUT2D eigenvalue weighted by molar-refractivity contribution is -0.133. The Morgan fingerprint density at radius 2 is 1.67 bits per heavy atom. The summed E-state index contributed by atoms with van der Waals surface area (Å²) in [5.74, 6) is -0.850. The monoisotopic (exact) mass is 365 g/mol. The SMILES string of the molecule is Cc1cc(C)c(NC(=O)CN2C(=O)NC(C)(c3ccccc3)C2=O)c(C)c1. The Kier molecular flexibility index (Phi) is 4.74. The molecule has 0 aromatic heterocycles. The molecule has 6 nitrogen and oxygen atoms in total. The molecule has 0 radical (unpaired) electrons. The molecule has 1 saturated heterocycles. The molecule has 6 heteroatoms. The first-order chi connectivity index (χ1) is 12.7. The quantitative estimate of drug-likeness (QED) is 0.818. The van der Waals surface area contributed by atoms with Gasteiger partial charge in [-0.2, -0.15) is 0 Å². The van der Waals surface area contributed by atoms with E-state index in [-0.39, 0.29) is 6.54 Å². The van der Waals surface area contributed by atoms with Gasteiger partial charge in [-0.1, -0.05) is 48.0 Å². The van der Waals surface area contributed by atoms with Crippen molar-refractivity contribution in [3.63, 3.8) is 0 Å². The van der Waals surface area contributed by atoms with Gasteiger partial charge in [0.2, 0.25) is 5.91 Å². The summed E-state index contributed by atoms with van der Waals surface area (Å²) in [6.07, 6.45) is 0. The highest BCUT2D eigenvalue weighted by molar-refractivity contribution is 6.10. The molecule has 140 valence electrons. The summed E-state index contributed by atoms with van der Waals surface area (Å²) in [6.45, 7) is 7.13. The fourth-order valence-electron chi connectivity index (χ4n) is 3.51. The van der Waals surface area contributed by atoms with E-state index in [4.69, 9.17) is 0 Å². The molecule has 2 N–H and O–H groups in total. The van der Waals surface area contributed by atoms with Crippen LogP contribution in [0.1, 0.15) is 29.2 Å². The van der Waals surface area contributed by atoms with E-state index in [1.165, 1.54) is 0 Å². The summed E-state index contributed by atoms with van der Waals surface area (Å²) < 4.78 is 0. The van der Waals surface area contributed by atoms with Crippen molar-refractivity contribution in [2.75, 3.05) is 11.9 Å². The minimum Gasteiger partial charge on any atom is -0.324 e. The topological polar surface area (TPSA) is 78.5 Å². The second kappa shape index (κ2) is 6.87. The van der Waals surface area contributed by atoms with Gasteiger partial charge in [0, 0.05) is 5.69 Å². The minimum absolute atomic E-state index is 0.333. The van der Waals surface area contributed by atoms with Gasteiger partial charge < -0.3 is 10.6 Å². The van der Waals surface area contributed by atoms with Gasteiger partial charge >= 0.3 is 6.03 Å². The number of rotatable bonds is 4. The van der Waals surface area contributed by atoms with Crippen LogP contribution in [0.3, 0.4) is 0 Å². The van der Waals surface area contributed by atoms with Crippen molar-refractivity contribution in [2.24, 2.45) is 0 Å². The summed E-state index contributed by atoms with van der Waals surface area (Å²) in [6, 6.07) is 12.4. The number of anilines is 1. The number of carbonyl (C=O) groups is 3. The average molecular weight is 365 g/mol. The Morgan fingerprint density at radius 3 is 2.26 bits per heavy atom. The van der Waals surface area contributed by atoms with E-state index in [1.54, 1.807) is 31.2 Å². The van der Waals surface area contributed by atoms with Crippen LogP contribution in [0.2, 0.25) is 0 Å². The van der Waals surface area contributed by atoms with E-state index in [0.717, 1.165) is 21.6 Å². The first kappa shape index (κ1) is 18.6. The third-order valence-electron chi connectivity index (χ3n) is 4.87. The molecule has 2 aromatic rings. The molecular formula is C21H23N3O3. The lowest BCUT2D eigenvalue weighted by atomic mass is 9.92. The normalized spacial score (nSPS) is 19.2. The van der Waals surface area contributed by atoms with Crippen LogP contribution in [0.15, 0.2) is 42.5 Å². The molecule has 1 heterocycles. The maximum absolute atomic E-state index is 12.9. The van der Waals surface area contributed by atoms with E-state index in [2.05, 4.69) is 10.6 Å². The van der Waals surface area contributed by atoms with E-state index < -0.39 is 23.4 Å². The summed E-state index contributed by atoms with van der Waals surface area (Å²) in [7, 11) is 0. The Hall–Kier alpha value is -3.15. The predicted molar refractivity (Wildman–Crippen MR) is 103 cm³/mol. The number of urea groups is 1. The second-order valence-corrected chi connectivity index (χ2v) is 7.13. The van der Waals surface area contributed by atoms with Crippen molar-refractivity contribution >= 4 is 23.5 Å². The molecule has 2 aromatic carbocycles. The van der Waals surface area contributed by atoms with Gasteiger partial charge in [0.15, 0.2) is 0 Å². The Labute approximate surface area is 158 Å². The first-order valence-electron chi connectivity index (χ1n) is 8.79. The largest absolute Gasteiger partial charge is 0.325 e. The molecule has 3 rings (SSSR count). The van der Waals surface area contributed by atoms with E-state index >= 15 is 0 Å². The van der Waals surface area contributed by atoms with Crippen molar-refractivity contribution in [1.29, 1.82) is 0 Å². The Bertz CT molecular complexity index is 901. The number of nitrogens with zero attached hydrogens (tertiary/aromatic N) is 1. The molecule has 0 bridgehead atoms. The van der Waals surface area contributed by atoms with Crippen LogP contribution in [-0.2, 0) is 15.1 Å². The first-order valence-corrected chi connectivity index (χ1v) is 8.79. The zero-order valence-corrected chi connectivity index (χ0v) is 15.9. The maximum atomic E-state index is 12.9. The highest BCUT2D eigenvalue weighted by atomic mass is 16.2. The van der Waals surface area contributed by atoms with Crippen LogP contribution >= 0.6 is 0 Å². The smallest absolute Gasteiger partial charge is 0.324 e. The summed E-state index contributed by atoms with van der Waals surface area (Å²) in [4.78, 5) is 38.7. The number of carbonyl (C=O) groups excluding carboxylic acids is 3. The van der Waals surface area contributed by atoms with Gasteiger partial charge in [-0.3, -0.25) is 14.5 Å². The lowest BCUT2D eigenvalue weighted by Gasteiger charge is -2.22. The second-order valence-electron chi connectivity index (χ2n) is 7.13. The number of hydrogen-bond donors (Lipinski definition) is 2. The van der Waals surface area contributed by atoms with Crippen molar-refractivity contribution in [3.05, 3.63) is 64.7 Å². The van der Waals surface area contributed by atoms with Gasteiger partial charge in [-0.05, 0) is 44.4 Å². The molecule has 0 spiro atoms. The molecule has 1 unspecified atom stereocenters. The van der Waals surface area contributed by atoms with Crippen LogP contribution in [-0.4, -0.2) is 29.3 Å². The van der Waals surface area contributed by atoms with Gasteiger partial charge in [0.05, 0.1) is 0 Å². The highest BCUT2D eigenvalue weighted by Crippen LogP contribution is 2.28. The molecule has 1 fully saturated rings. The van der Waals surface area contributed by atoms with E-state index in [9.17, 15) is 14.4 Å². The molecule has 1 atom stereocenters. The van der Waals surface area contributed by atoms with Crippen LogP contribution < -0.4 is 10.6 Å². The number of hydrogen-bond acceptors (Lipinski definition) is 3. The van der Waals surface area contributed by atoms with E-state index in [0.29, 0.717) is 11.3 Å². The summed E-state index contributed by atoms with van der Waals surface area (Å²) in [5.41, 5.74) is 3.20. The molecule has 0 saturated carbocycles. The lowest BCUT2D eigenvalue weighted by Crippen LogP contribution is -2.42. The zero-order valence-electron chi connectivity index (χ0n) is 15.9. The molecule has 0 aliphatic carbocycles. The van der Waals surface area contributed by atoms with Crippen LogP contribution in [0.25, 0.3) is 0 Å². The van der Waals surface area contributed by atoms with Crippen molar-refractivity contribution < 1.29 is 14.4 Å². The molecule has 1 aliphatic rings. The number of nitrogens with one attached hydrogen (secondary N) is 2. The number of amides is 4.